The van der Waals surface area contributed by atoms with E-state index in [0.717, 1.165) is 16.6 Å². The third-order valence-corrected chi connectivity index (χ3v) is 3.32. The first-order valence-electron chi connectivity index (χ1n) is 6.74. The zero-order valence-corrected chi connectivity index (χ0v) is 12.6. The van der Waals surface area contributed by atoms with Gasteiger partial charge < -0.3 is 19.9 Å². The molecule has 0 aliphatic carbocycles. The topological polar surface area (TPSA) is 63.6 Å². The number of hydrogen-bond acceptors (Lipinski definition) is 5. The van der Waals surface area contributed by atoms with Gasteiger partial charge in [-0.2, -0.15) is 0 Å². The molecule has 0 saturated heterocycles. The molecule has 0 amide bonds. The van der Waals surface area contributed by atoms with E-state index in [4.69, 9.17) is 21.1 Å². The van der Waals surface area contributed by atoms with Gasteiger partial charge in [0.05, 0.1) is 42.2 Å². The molecular weight excluding hydrogens is 292 g/mol. The second kappa shape index (κ2) is 8.14. The number of nitrogens with one attached hydrogen (secondary N) is 1. The van der Waals surface area contributed by atoms with E-state index in [-0.39, 0.29) is 6.61 Å². The molecule has 21 heavy (non-hydrogen) atoms. The number of aromatic nitrogens is 1. The van der Waals surface area contributed by atoms with Gasteiger partial charge in [-0.25, -0.2) is 0 Å². The number of ether oxygens (including phenoxy) is 2. The standard InChI is InChI=1S/C15H19ClN2O3/c1-20-7-8-21-10-11(19)9-18-14-5-4-13(16)12-3-2-6-17-15(12)14/h2-6,11,18-19H,7-10H2,1H3. The molecule has 2 N–H and O–H groups in total. The van der Waals surface area contributed by atoms with Crippen LogP contribution in [0.15, 0.2) is 30.5 Å². The molecule has 1 unspecified atom stereocenters. The summed E-state index contributed by atoms with van der Waals surface area (Å²) < 4.78 is 10.1. The fourth-order valence-electron chi connectivity index (χ4n) is 1.93. The Kier molecular flexibility index (Phi) is 6.20. The normalized spacial score (nSPS) is 12.5. The lowest BCUT2D eigenvalue weighted by Crippen LogP contribution is -2.25. The smallest absolute Gasteiger partial charge is 0.0948 e. The van der Waals surface area contributed by atoms with E-state index in [1.54, 1.807) is 13.3 Å². The third-order valence-electron chi connectivity index (χ3n) is 2.99. The van der Waals surface area contributed by atoms with Crippen molar-refractivity contribution in [3.63, 3.8) is 0 Å². The van der Waals surface area contributed by atoms with Crippen LogP contribution in [0.2, 0.25) is 5.02 Å². The molecule has 6 heteroatoms. The van der Waals surface area contributed by atoms with Gasteiger partial charge in [0.2, 0.25) is 0 Å². The maximum absolute atomic E-state index is 9.86. The van der Waals surface area contributed by atoms with Crippen LogP contribution in [-0.2, 0) is 9.47 Å². The first kappa shape index (κ1) is 16.0. The van der Waals surface area contributed by atoms with Crippen LogP contribution in [-0.4, -0.2) is 49.7 Å². The largest absolute Gasteiger partial charge is 0.389 e. The van der Waals surface area contributed by atoms with Crippen molar-refractivity contribution in [3.05, 3.63) is 35.5 Å². The zero-order chi connectivity index (χ0) is 15.1. The van der Waals surface area contributed by atoms with E-state index in [0.29, 0.717) is 24.8 Å². The summed E-state index contributed by atoms with van der Waals surface area (Å²) in [4.78, 5) is 4.33. The first-order valence-corrected chi connectivity index (χ1v) is 7.12. The summed E-state index contributed by atoms with van der Waals surface area (Å²) in [6.07, 6.45) is 1.12. The van der Waals surface area contributed by atoms with Gasteiger partial charge in [0.1, 0.15) is 0 Å². The van der Waals surface area contributed by atoms with Gasteiger partial charge >= 0.3 is 0 Å². The SMILES string of the molecule is COCCOCC(O)CNc1ccc(Cl)c2cccnc12. The molecule has 2 rings (SSSR count). The van der Waals surface area contributed by atoms with Crippen molar-refractivity contribution in [2.75, 3.05) is 38.8 Å². The molecule has 1 atom stereocenters. The molecular formula is C15H19ClN2O3. The number of halogens is 1. The molecule has 0 aliphatic heterocycles. The number of aliphatic hydroxyl groups excluding tert-OH is 1. The van der Waals surface area contributed by atoms with Crippen LogP contribution in [0.1, 0.15) is 0 Å². The number of rotatable bonds is 8. The Hall–Kier alpha value is -1.40. The van der Waals surface area contributed by atoms with Crippen LogP contribution in [0, 0.1) is 0 Å². The number of benzene rings is 1. The second-order valence-corrected chi connectivity index (χ2v) is 5.00. The highest BCUT2D eigenvalue weighted by Gasteiger charge is 2.08. The van der Waals surface area contributed by atoms with E-state index in [2.05, 4.69) is 10.3 Å². The lowest BCUT2D eigenvalue weighted by Gasteiger charge is -2.14. The van der Waals surface area contributed by atoms with Gasteiger partial charge in [-0.15, -0.1) is 0 Å². The quantitative estimate of drug-likeness (QED) is 0.733. The van der Waals surface area contributed by atoms with Crippen molar-refractivity contribution >= 4 is 28.2 Å². The monoisotopic (exact) mass is 310 g/mol. The molecule has 0 bridgehead atoms. The van der Waals surface area contributed by atoms with Crippen molar-refractivity contribution in [3.8, 4) is 0 Å². The van der Waals surface area contributed by atoms with E-state index < -0.39 is 6.10 Å². The third kappa shape index (κ3) is 4.54. The molecule has 0 aliphatic rings. The Morgan fingerprint density at radius 1 is 1.33 bits per heavy atom. The summed E-state index contributed by atoms with van der Waals surface area (Å²) in [5, 5.41) is 14.6. The zero-order valence-electron chi connectivity index (χ0n) is 11.9. The Morgan fingerprint density at radius 2 is 2.19 bits per heavy atom. The maximum Gasteiger partial charge on any atom is 0.0948 e. The summed E-state index contributed by atoms with van der Waals surface area (Å²) in [5.41, 5.74) is 1.63. The van der Waals surface area contributed by atoms with Crippen LogP contribution in [0.4, 0.5) is 5.69 Å². The number of anilines is 1. The van der Waals surface area contributed by atoms with Crippen molar-refractivity contribution in [1.82, 2.24) is 4.98 Å². The molecule has 2 aromatic rings. The van der Waals surface area contributed by atoms with E-state index in [1.807, 2.05) is 24.3 Å². The number of fused-ring (bicyclic) bond motifs is 1. The fourth-order valence-corrected chi connectivity index (χ4v) is 2.14. The van der Waals surface area contributed by atoms with Crippen molar-refractivity contribution < 1.29 is 14.6 Å². The number of pyridine rings is 1. The number of methoxy groups -OCH3 is 1. The van der Waals surface area contributed by atoms with Crippen LogP contribution >= 0.6 is 11.6 Å². The minimum atomic E-state index is -0.601. The molecule has 0 fully saturated rings. The Morgan fingerprint density at radius 3 is 3.00 bits per heavy atom. The van der Waals surface area contributed by atoms with Crippen molar-refractivity contribution in [2.24, 2.45) is 0 Å². The lowest BCUT2D eigenvalue weighted by atomic mass is 10.2. The van der Waals surface area contributed by atoms with Gasteiger partial charge in [0, 0.05) is 25.2 Å². The maximum atomic E-state index is 9.86. The molecule has 5 nitrogen and oxygen atoms in total. The highest BCUT2D eigenvalue weighted by molar-refractivity contribution is 6.35. The lowest BCUT2D eigenvalue weighted by molar-refractivity contribution is 0.0182. The average Bonchev–Trinajstić information content (AvgIpc) is 2.51. The highest BCUT2D eigenvalue weighted by Crippen LogP contribution is 2.27. The highest BCUT2D eigenvalue weighted by atomic mass is 35.5. The summed E-state index contributed by atoms with van der Waals surface area (Å²) in [6, 6.07) is 7.43. The molecule has 114 valence electrons. The molecule has 0 saturated carbocycles. The van der Waals surface area contributed by atoms with Gasteiger partial charge in [-0.3, -0.25) is 4.98 Å². The average molecular weight is 311 g/mol. The first-order chi connectivity index (χ1) is 10.2. The number of hydrogen-bond donors (Lipinski definition) is 2. The van der Waals surface area contributed by atoms with Crippen LogP contribution < -0.4 is 5.32 Å². The van der Waals surface area contributed by atoms with Crippen LogP contribution in [0.5, 0.6) is 0 Å². The minimum Gasteiger partial charge on any atom is -0.389 e. The summed E-state index contributed by atoms with van der Waals surface area (Å²) >= 11 is 6.14. The molecule has 1 heterocycles. The van der Waals surface area contributed by atoms with E-state index in [1.165, 1.54) is 0 Å². The number of nitrogens with zero attached hydrogens (tertiary/aromatic N) is 1. The summed E-state index contributed by atoms with van der Waals surface area (Å²) in [5.74, 6) is 0. The van der Waals surface area contributed by atoms with Gasteiger partial charge in [0.15, 0.2) is 0 Å². The van der Waals surface area contributed by atoms with E-state index >= 15 is 0 Å². The number of aliphatic hydroxyl groups is 1. The minimum absolute atomic E-state index is 0.259. The summed E-state index contributed by atoms with van der Waals surface area (Å²) in [6.45, 7) is 1.63. The van der Waals surface area contributed by atoms with Crippen LogP contribution in [0.3, 0.4) is 0 Å². The molecule has 1 aromatic heterocycles. The van der Waals surface area contributed by atoms with Gasteiger partial charge in [0.25, 0.3) is 0 Å². The Bertz CT molecular complexity index is 580. The Labute approximate surface area is 128 Å². The van der Waals surface area contributed by atoms with Crippen molar-refractivity contribution in [1.29, 1.82) is 0 Å². The van der Waals surface area contributed by atoms with Gasteiger partial charge in [-0.1, -0.05) is 11.6 Å². The molecule has 0 radical (unpaired) electrons. The molecule has 1 aromatic carbocycles. The van der Waals surface area contributed by atoms with Crippen LogP contribution in [0.25, 0.3) is 10.9 Å². The molecule has 0 spiro atoms. The predicted molar refractivity (Wildman–Crippen MR) is 83.9 cm³/mol. The summed E-state index contributed by atoms with van der Waals surface area (Å²) in [7, 11) is 1.61. The van der Waals surface area contributed by atoms with Gasteiger partial charge in [-0.05, 0) is 24.3 Å². The predicted octanol–water partition coefficient (Wildman–Crippen LogP) is 2.32. The van der Waals surface area contributed by atoms with Crippen molar-refractivity contribution in [2.45, 2.75) is 6.10 Å². The fraction of sp³-hybridized carbons (Fsp3) is 0.400. The second-order valence-electron chi connectivity index (χ2n) is 4.60. The van der Waals surface area contributed by atoms with E-state index in [9.17, 15) is 5.11 Å². The Balaban J connectivity index is 1.93.